The highest BCUT2D eigenvalue weighted by Crippen LogP contribution is 2.32. The number of nitrogens with zero attached hydrogens (tertiary/aromatic N) is 1. The fraction of sp³-hybridized carbons (Fsp3) is 0.600. The molecular formula is C20H28N2O4. The second-order valence-electron chi connectivity index (χ2n) is 7.15. The van der Waals surface area contributed by atoms with E-state index in [4.69, 9.17) is 9.47 Å². The molecule has 0 aliphatic carbocycles. The Balaban J connectivity index is 1.51. The fourth-order valence-electron chi connectivity index (χ4n) is 3.41. The zero-order valence-electron chi connectivity index (χ0n) is 15.6. The Labute approximate surface area is 154 Å². The summed E-state index contributed by atoms with van der Waals surface area (Å²) in [5.41, 5.74) is 0.683. The van der Waals surface area contributed by atoms with E-state index in [0.717, 1.165) is 32.4 Å². The highest BCUT2D eigenvalue weighted by Gasteiger charge is 2.27. The lowest BCUT2D eigenvalue weighted by Crippen LogP contribution is -2.44. The molecule has 0 aromatic heterocycles. The number of ketones is 1. The fourth-order valence-corrected chi connectivity index (χ4v) is 3.41. The van der Waals surface area contributed by atoms with Gasteiger partial charge in [-0.3, -0.25) is 14.5 Å². The van der Waals surface area contributed by atoms with Gasteiger partial charge in [0.1, 0.15) is 13.2 Å². The molecule has 26 heavy (non-hydrogen) atoms. The van der Waals surface area contributed by atoms with Gasteiger partial charge in [-0.1, -0.05) is 6.92 Å². The third-order valence-corrected chi connectivity index (χ3v) is 5.17. The summed E-state index contributed by atoms with van der Waals surface area (Å²) in [5.74, 6) is 1.59. The predicted molar refractivity (Wildman–Crippen MR) is 98.8 cm³/mol. The zero-order valence-corrected chi connectivity index (χ0v) is 15.6. The first-order chi connectivity index (χ1) is 12.6. The van der Waals surface area contributed by atoms with Crippen molar-refractivity contribution in [3.8, 4) is 11.5 Å². The first-order valence-electron chi connectivity index (χ1n) is 9.52. The number of nitrogens with one attached hydrogen (secondary N) is 1. The maximum Gasteiger partial charge on any atom is 0.234 e. The number of hydrogen-bond acceptors (Lipinski definition) is 5. The quantitative estimate of drug-likeness (QED) is 0.788. The smallest absolute Gasteiger partial charge is 0.234 e. The highest BCUT2D eigenvalue weighted by atomic mass is 16.6. The normalized spacial score (nSPS) is 19.0. The second-order valence-corrected chi connectivity index (χ2v) is 7.15. The third-order valence-electron chi connectivity index (χ3n) is 5.17. The summed E-state index contributed by atoms with van der Waals surface area (Å²) in [5, 5.41) is 2.99. The molecule has 1 N–H and O–H groups in total. The number of amides is 1. The van der Waals surface area contributed by atoms with E-state index in [1.165, 1.54) is 0 Å². The summed E-state index contributed by atoms with van der Waals surface area (Å²) in [7, 11) is 0. The molecule has 1 fully saturated rings. The van der Waals surface area contributed by atoms with Gasteiger partial charge in [0.25, 0.3) is 0 Å². The lowest BCUT2D eigenvalue weighted by atomic mass is 9.88. The summed E-state index contributed by atoms with van der Waals surface area (Å²) < 4.78 is 11.1. The molecule has 1 amide bonds. The number of carbonyl (C=O) groups is 2. The summed E-state index contributed by atoms with van der Waals surface area (Å²) in [4.78, 5) is 26.9. The van der Waals surface area contributed by atoms with Crippen LogP contribution in [0.3, 0.4) is 0 Å². The molecule has 1 saturated heterocycles. The molecule has 1 unspecified atom stereocenters. The Morgan fingerprint density at radius 3 is 2.58 bits per heavy atom. The van der Waals surface area contributed by atoms with Crippen molar-refractivity contribution in [1.29, 1.82) is 0 Å². The van der Waals surface area contributed by atoms with Crippen LogP contribution in [0.5, 0.6) is 11.5 Å². The molecule has 6 heteroatoms. The second kappa shape index (κ2) is 8.54. The standard InChI is InChI=1S/C20H28N2O4/c1-3-14(2)21-19(23)13-22-8-6-15(7-9-22)20(24)16-4-5-17-18(12-16)26-11-10-25-17/h4-5,12,14-15H,3,6-11,13H2,1-2H3,(H,21,23). The number of Topliss-reactive ketones (excluding diaryl/α,β-unsaturated/α-hetero) is 1. The monoisotopic (exact) mass is 360 g/mol. The van der Waals surface area contributed by atoms with Gasteiger partial charge in [-0.05, 0) is 57.5 Å². The molecule has 1 atom stereocenters. The van der Waals surface area contributed by atoms with E-state index in [0.29, 0.717) is 36.8 Å². The molecule has 0 spiro atoms. The number of benzene rings is 1. The number of carbonyl (C=O) groups excluding carboxylic acids is 2. The summed E-state index contributed by atoms with van der Waals surface area (Å²) >= 11 is 0. The van der Waals surface area contributed by atoms with E-state index in [2.05, 4.69) is 17.1 Å². The number of likely N-dealkylation sites (tertiary alicyclic amines) is 1. The summed E-state index contributed by atoms with van der Waals surface area (Å²) in [6.45, 7) is 7.08. The topological polar surface area (TPSA) is 67.9 Å². The van der Waals surface area contributed by atoms with Gasteiger partial charge in [0.05, 0.1) is 6.54 Å². The minimum absolute atomic E-state index is 0.00596. The maximum absolute atomic E-state index is 12.8. The molecule has 0 bridgehead atoms. The largest absolute Gasteiger partial charge is 0.486 e. The minimum atomic E-state index is 0.00596. The van der Waals surface area contributed by atoms with Crippen LogP contribution >= 0.6 is 0 Å². The molecule has 0 radical (unpaired) electrons. The van der Waals surface area contributed by atoms with Crippen molar-refractivity contribution in [1.82, 2.24) is 10.2 Å². The van der Waals surface area contributed by atoms with Gasteiger partial charge in [-0.15, -0.1) is 0 Å². The van der Waals surface area contributed by atoms with Crippen LogP contribution in [0.25, 0.3) is 0 Å². The lowest BCUT2D eigenvalue weighted by Gasteiger charge is -2.31. The number of hydrogen-bond donors (Lipinski definition) is 1. The summed E-state index contributed by atoms with van der Waals surface area (Å²) in [6.07, 6.45) is 2.49. The molecule has 2 aliphatic rings. The first-order valence-corrected chi connectivity index (χ1v) is 9.52. The average molecular weight is 360 g/mol. The van der Waals surface area contributed by atoms with Crippen molar-refractivity contribution >= 4 is 11.7 Å². The molecule has 2 aliphatic heterocycles. The number of rotatable bonds is 6. The Hall–Kier alpha value is -2.08. The minimum Gasteiger partial charge on any atom is -0.486 e. The van der Waals surface area contributed by atoms with Crippen molar-refractivity contribution in [2.75, 3.05) is 32.8 Å². The number of fused-ring (bicyclic) bond motifs is 1. The average Bonchev–Trinajstić information content (AvgIpc) is 2.67. The van der Waals surface area contributed by atoms with E-state index in [-0.39, 0.29) is 23.7 Å². The van der Waals surface area contributed by atoms with Crippen molar-refractivity contribution in [3.63, 3.8) is 0 Å². The molecule has 142 valence electrons. The van der Waals surface area contributed by atoms with Crippen LogP contribution < -0.4 is 14.8 Å². The van der Waals surface area contributed by atoms with Gasteiger partial charge in [-0.25, -0.2) is 0 Å². The van der Waals surface area contributed by atoms with Crippen LogP contribution in [0.1, 0.15) is 43.5 Å². The van der Waals surface area contributed by atoms with Crippen molar-refractivity contribution in [2.24, 2.45) is 5.92 Å². The molecule has 2 heterocycles. The van der Waals surface area contributed by atoms with Gasteiger partial charge < -0.3 is 14.8 Å². The van der Waals surface area contributed by atoms with E-state index in [1.807, 2.05) is 19.1 Å². The summed E-state index contributed by atoms with van der Waals surface area (Å²) in [6, 6.07) is 5.64. The molecule has 1 aromatic rings. The van der Waals surface area contributed by atoms with Crippen LogP contribution in [-0.4, -0.2) is 55.5 Å². The Bertz CT molecular complexity index is 653. The van der Waals surface area contributed by atoms with E-state index < -0.39 is 0 Å². The highest BCUT2D eigenvalue weighted by molar-refractivity contribution is 5.98. The van der Waals surface area contributed by atoms with Gasteiger partial charge in [-0.2, -0.15) is 0 Å². The zero-order chi connectivity index (χ0) is 18.5. The van der Waals surface area contributed by atoms with Crippen LogP contribution in [0.2, 0.25) is 0 Å². The van der Waals surface area contributed by atoms with Crippen molar-refractivity contribution in [3.05, 3.63) is 23.8 Å². The molecule has 0 saturated carbocycles. The third kappa shape index (κ3) is 4.55. The molecule has 6 nitrogen and oxygen atoms in total. The van der Waals surface area contributed by atoms with Gasteiger partial charge in [0.15, 0.2) is 17.3 Å². The first kappa shape index (κ1) is 18.7. The predicted octanol–water partition coefficient (Wildman–Crippen LogP) is 2.27. The number of piperidine rings is 1. The van der Waals surface area contributed by atoms with Crippen LogP contribution in [0.15, 0.2) is 18.2 Å². The lowest BCUT2D eigenvalue weighted by molar-refractivity contribution is -0.123. The van der Waals surface area contributed by atoms with E-state index in [1.54, 1.807) is 6.07 Å². The number of ether oxygens (including phenoxy) is 2. The van der Waals surface area contributed by atoms with Gasteiger partial charge in [0.2, 0.25) is 5.91 Å². The SMILES string of the molecule is CCC(C)NC(=O)CN1CCC(C(=O)c2ccc3c(c2)OCCO3)CC1. The Kier molecular flexibility index (Phi) is 6.14. The van der Waals surface area contributed by atoms with E-state index >= 15 is 0 Å². The van der Waals surface area contributed by atoms with Crippen molar-refractivity contribution < 1.29 is 19.1 Å². The van der Waals surface area contributed by atoms with Gasteiger partial charge in [0, 0.05) is 17.5 Å². The van der Waals surface area contributed by atoms with Crippen molar-refractivity contribution in [2.45, 2.75) is 39.2 Å². The van der Waals surface area contributed by atoms with Crippen LogP contribution in [0, 0.1) is 5.92 Å². The Morgan fingerprint density at radius 1 is 1.19 bits per heavy atom. The van der Waals surface area contributed by atoms with Crippen LogP contribution in [-0.2, 0) is 4.79 Å². The Morgan fingerprint density at radius 2 is 1.88 bits per heavy atom. The van der Waals surface area contributed by atoms with Gasteiger partial charge >= 0.3 is 0 Å². The molecule has 3 rings (SSSR count). The van der Waals surface area contributed by atoms with Crippen LogP contribution in [0.4, 0.5) is 0 Å². The molecule has 1 aromatic carbocycles. The maximum atomic E-state index is 12.8. The van der Waals surface area contributed by atoms with E-state index in [9.17, 15) is 9.59 Å². The molecular weight excluding hydrogens is 332 g/mol.